The Balaban J connectivity index is 2.20. The van der Waals surface area contributed by atoms with E-state index in [1.54, 1.807) is 7.11 Å². The number of hydrogen-bond acceptors (Lipinski definition) is 4. The van der Waals surface area contributed by atoms with Gasteiger partial charge in [-0.05, 0) is 6.42 Å². The molecule has 86 valence electrons. The van der Waals surface area contributed by atoms with Gasteiger partial charge in [0.15, 0.2) is 0 Å². The molecule has 4 heteroatoms. The molecule has 0 bridgehead atoms. The number of hydrogen-bond donors (Lipinski definition) is 1. The Bertz CT molecular complexity index is 261. The topological polar surface area (TPSA) is 47.3 Å². The predicted molar refractivity (Wildman–Crippen MR) is 58.7 cm³/mol. The number of nitrogens with one attached hydrogen (secondary N) is 1. The van der Waals surface area contributed by atoms with Crippen LogP contribution in [0.2, 0.25) is 0 Å². The summed E-state index contributed by atoms with van der Waals surface area (Å²) < 4.78 is 10.5. The molecule has 0 aliphatic heterocycles. The summed E-state index contributed by atoms with van der Waals surface area (Å²) in [5.74, 6) is 1.75. The van der Waals surface area contributed by atoms with Crippen molar-refractivity contribution < 1.29 is 9.15 Å². The van der Waals surface area contributed by atoms with Crippen LogP contribution in [0.25, 0.3) is 0 Å². The maximum absolute atomic E-state index is 5.55. The summed E-state index contributed by atoms with van der Waals surface area (Å²) in [6, 6.07) is 0. The monoisotopic (exact) mass is 212 g/mol. The Labute approximate surface area is 91.0 Å². The van der Waals surface area contributed by atoms with Crippen LogP contribution in [0.1, 0.15) is 31.4 Å². The molecule has 0 aliphatic carbocycles. The van der Waals surface area contributed by atoms with Crippen LogP contribution in [0, 0.1) is 0 Å². The van der Waals surface area contributed by atoms with Gasteiger partial charge in [0.25, 0.3) is 0 Å². The summed E-state index contributed by atoms with van der Waals surface area (Å²) in [4.78, 5) is 4.20. The van der Waals surface area contributed by atoms with E-state index in [9.17, 15) is 0 Å². The van der Waals surface area contributed by atoms with Crippen LogP contribution in [-0.2, 0) is 17.7 Å². The molecule has 0 saturated carbocycles. The van der Waals surface area contributed by atoms with Gasteiger partial charge < -0.3 is 14.5 Å². The lowest BCUT2D eigenvalue weighted by atomic mass is 10.2. The van der Waals surface area contributed by atoms with Gasteiger partial charge in [-0.3, -0.25) is 0 Å². The molecule has 0 aromatic carbocycles. The summed E-state index contributed by atoms with van der Waals surface area (Å²) >= 11 is 0. The van der Waals surface area contributed by atoms with Crippen LogP contribution in [-0.4, -0.2) is 25.2 Å². The van der Waals surface area contributed by atoms with E-state index < -0.39 is 0 Å². The zero-order chi connectivity index (χ0) is 10.9. The number of unbranched alkanes of at least 4 members (excludes halogenated alkanes) is 1. The third-order valence-corrected chi connectivity index (χ3v) is 2.14. The minimum Gasteiger partial charge on any atom is -0.444 e. The van der Waals surface area contributed by atoms with E-state index >= 15 is 0 Å². The number of aryl methyl sites for hydroxylation is 1. The number of rotatable bonds is 8. The highest BCUT2D eigenvalue weighted by Crippen LogP contribution is 2.07. The van der Waals surface area contributed by atoms with Gasteiger partial charge in [-0.2, -0.15) is 0 Å². The average molecular weight is 212 g/mol. The van der Waals surface area contributed by atoms with E-state index in [1.807, 2.05) is 6.20 Å². The van der Waals surface area contributed by atoms with E-state index in [1.165, 1.54) is 6.42 Å². The second-order valence-corrected chi connectivity index (χ2v) is 3.49. The first kappa shape index (κ1) is 12.2. The van der Waals surface area contributed by atoms with Crippen LogP contribution < -0.4 is 5.32 Å². The lowest BCUT2D eigenvalue weighted by Crippen LogP contribution is -2.18. The Morgan fingerprint density at radius 3 is 3.13 bits per heavy atom. The van der Waals surface area contributed by atoms with E-state index in [2.05, 4.69) is 17.2 Å². The van der Waals surface area contributed by atoms with Gasteiger partial charge in [0, 0.05) is 20.1 Å². The van der Waals surface area contributed by atoms with Crippen LogP contribution in [0.3, 0.4) is 0 Å². The lowest BCUT2D eigenvalue weighted by molar-refractivity contribution is 0.198. The fraction of sp³-hybridized carbons (Fsp3) is 0.727. The molecule has 0 saturated heterocycles. The van der Waals surface area contributed by atoms with Gasteiger partial charge in [0.05, 0.1) is 19.3 Å². The molecule has 0 amide bonds. The number of ether oxygens (including phenoxy) is 1. The molecule has 0 aliphatic rings. The SMILES string of the molecule is CCCCc1cnc(CNCCOC)o1. The molecule has 0 radical (unpaired) electrons. The summed E-state index contributed by atoms with van der Waals surface area (Å²) in [6.07, 6.45) is 5.15. The van der Waals surface area contributed by atoms with Crippen LogP contribution in [0.4, 0.5) is 0 Å². The first-order valence-electron chi connectivity index (χ1n) is 5.50. The van der Waals surface area contributed by atoms with E-state index in [0.29, 0.717) is 13.2 Å². The number of oxazole rings is 1. The van der Waals surface area contributed by atoms with E-state index in [4.69, 9.17) is 9.15 Å². The van der Waals surface area contributed by atoms with Crippen molar-refractivity contribution in [3.8, 4) is 0 Å². The largest absolute Gasteiger partial charge is 0.444 e. The Morgan fingerprint density at radius 1 is 1.53 bits per heavy atom. The Kier molecular flexibility index (Phi) is 6.04. The van der Waals surface area contributed by atoms with Gasteiger partial charge >= 0.3 is 0 Å². The summed E-state index contributed by atoms with van der Waals surface area (Å²) in [6.45, 7) is 4.38. The van der Waals surface area contributed by atoms with Crippen molar-refractivity contribution in [1.29, 1.82) is 0 Å². The molecule has 0 spiro atoms. The molecule has 1 heterocycles. The van der Waals surface area contributed by atoms with E-state index in [-0.39, 0.29) is 0 Å². The summed E-state index contributed by atoms with van der Waals surface area (Å²) in [5.41, 5.74) is 0. The van der Waals surface area contributed by atoms with Gasteiger partial charge in [-0.1, -0.05) is 13.3 Å². The molecule has 1 aromatic rings. The molecule has 0 fully saturated rings. The second-order valence-electron chi connectivity index (χ2n) is 3.49. The molecule has 0 atom stereocenters. The van der Waals surface area contributed by atoms with Crippen molar-refractivity contribution in [2.24, 2.45) is 0 Å². The summed E-state index contributed by atoms with van der Waals surface area (Å²) in [7, 11) is 1.69. The third-order valence-electron chi connectivity index (χ3n) is 2.14. The standard InChI is InChI=1S/C11H20N2O2/c1-3-4-5-10-8-13-11(15-10)9-12-6-7-14-2/h8,12H,3-7,9H2,1-2H3. The second kappa shape index (κ2) is 7.43. The Hall–Kier alpha value is -0.870. The van der Waals surface area contributed by atoms with Crippen LogP contribution in [0.5, 0.6) is 0 Å². The fourth-order valence-corrected chi connectivity index (χ4v) is 1.27. The number of methoxy groups -OCH3 is 1. The van der Waals surface area contributed by atoms with Crippen molar-refractivity contribution >= 4 is 0 Å². The van der Waals surface area contributed by atoms with Gasteiger partial charge in [-0.15, -0.1) is 0 Å². The first-order valence-corrected chi connectivity index (χ1v) is 5.50. The van der Waals surface area contributed by atoms with Gasteiger partial charge in [0.2, 0.25) is 5.89 Å². The molecule has 1 rings (SSSR count). The minimum absolute atomic E-state index is 0.676. The highest BCUT2D eigenvalue weighted by atomic mass is 16.5. The molecule has 1 aromatic heterocycles. The van der Waals surface area contributed by atoms with Gasteiger partial charge in [0.1, 0.15) is 5.76 Å². The smallest absolute Gasteiger partial charge is 0.208 e. The normalized spacial score (nSPS) is 10.8. The highest BCUT2D eigenvalue weighted by molar-refractivity contribution is 4.94. The van der Waals surface area contributed by atoms with Crippen LogP contribution >= 0.6 is 0 Å². The average Bonchev–Trinajstić information content (AvgIpc) is 2.69. The molecule has 1 N–H and O–H groups in total. The van der Waals surface area contributed by atoms with Crippen molar-refractivity contribution in [3.05, 3.63) is 17.8 Å². The Morgan fingerprint density at radius 2 is 2.40 bits per heavy atom. The fourth-order valence-electron chi connectivity index (χ4n) is 1.27. The number of aromatic nitrogens is 1. The third kappa shape index (κ3) is 4.95. The maximum Gasteiger partial charge on any atom is 0.208 e. The molecule has 15 heavy (non-hydrogen) atoms. The zero-order valence-corrected chi connectivity index (χ0v) is 9.58. The van der Waals surface area contributed by atoms with Crippen molar-refractivity contribution in [1.82, 2.24) is 10.3 Å². The maximum atomic E-state index is 5.55. The summed E-state index contributed by atoms with van der Waals surface area (Å²) in [5, 5.41) is 3.19. The minimum atomic E-state index is 0.676. The van der Waals surface area contributed by atoms with Crippen molar-refractivity contribution in [3.63, 3.8) is 0 Å². The van der Waals surface area contributed by atoms with Gasteiger partial charge in [-0.25, -0.2) is 4.98 Å². The van der Waals surface area contributed by atoms with Crippen molar-refractivity contribution in [2.45, 2.75) is 32.7 Å². The predicted octanol–water partition coefficient (Wildman–Crippen LogP) is 1.75. The molecule has 4 nitrogen and oxygen atoms in total. The quantitative estimate of drug-likeness (QED) is 0.667. The lowest BCUT2D eigenvalue weighted by Gasteiger charge is -1.99. The molecular formula is C11H20N2O2. The first-order chi connectivity index (χ1) is 7.36. The highest BCUT2D eigenvalue weighted by Gasteiger charge is 2.02. The van der Waals surface area contributed by atoms with Crippen molar-refractivity contribution in [2.75, 3.05) is 20.3 Å². The molecule has 0 unspecified atom stereocenters. The molecular weight excluding hydrogens is 192 g/mol. The van der Waals surface area contributed by atoms with E-state index in [0.717, 1.165) is 31.0 Å². The van der Waals surface area contributed by atoms with Crippen LogP contribution in [0.15, 0.2) is 10.6 Å². The number of nitrogens with zero attached hydrogens (tertiary/aromatic N) is 1. The zero-order valence-electron chi connectivity index (χ0n) is 9.58.